The van der Waals surface area contributed by atoms with E-state index in [1.165, 1.54) is 0 Å². The van der Waals surface area contributed by atoms with Crippen LogP contribution in [0.5, 0.6) is 0 Å². The number of rotatable bonds is 6. The summed E-state index contributed by atoms with van der Waals surface area (Å²) < 4.78 is 28.9. The maximum atomic E-state index is 13.0. The van der Waals surface area contributed by atoms with Crippen molar-refractivity contribution in [2.75, 3.05) is 6.26 Å². The van der Waals surface area contributed by atoms with Crippen molar-refractivity contribution in [3.05, 3.63) is 95.6 Å². The third-order valence-electron chi connectivity index (χ3n) is 4.28. The Hall–Kier alpha value is -2.08. The molecule has 5 heteroatoms. The van der Waals surface area contributed by atoms with Crippen LogP contribution in [-0.4, -0.2) is 14.7 Å². The van der Waals surface area contributed by atoms with Crippen LogP contribution in [0.1, 0.15) is 22.7 Å². The number of hydrogen-bond acceptors (Lipinski definition) is 3. The first kappa shape index (κ1) is 18.7. The van der Waals surface area contributed by atoms with Gasteiger partial charge in [-0.25, -0.2) is 8.42 Å². The summed E-state index contributed by atoms with van der Waals surface area (Å²) in [4.78, 5) is 1.30. The van der Waals surface area contributed by atoms with Gasteiger partial charge in [0.25, 0.3) is 0 Å². The molecule has 0 aliphatic carbocycles. The Bertz CT molecular complexity index is 968. The summed E-state index contributed by atoms with van der Waals surface area (Å²) in [6.07, 6.45) is 1.96. The van der Waals surface area contributed by atoms with E-state index in [1.807, 2.05) is 79.9 Å². The Morgan fingerprint density at radius 1 is 0.846 bits per heavy atom. The molecule has 1 atom stereocenters. The summed E-state index contributed by atoms with van der Waals surface area (Å²) in [5, 5.41) is 0. The van der Waals surface area contributed by atoms with E-state index in [0.717, 1.165) is 21.6 Å². The van der Waals surface area contributed by atoms with E-state index in [2.05, 4.69) is 4.72 Å². The maximum Gasteiger partial charge on any atom is 0.241 e. The lowest BCUT2D eigenvalue weighted by Crippen LogP contribution is -2.30. The molecule has 0 aliphatic heterocycles. The van der Waals surface area contributed by atoms with Crippen molar-refractivity contribution < 1.29 is 8.42 Å². The van der Waals surface area contributed by atoms with Gasteiger partial charge < -0.3 is 0 Å². The average Bonchev–Trinajstić information content (AvgIpc) is 2.67. The first-order valence-corrected chi connectivity index (χ1v) is 11.0. The largest absolute Gasteiger partial charge is 0.241 e. The van der Waals surface area contributed by atoms with Crippen molar-refractivity contribution >= 4 is 21.8 Å². The summed E-state index contributed by atoms with van der Waals surface area (Å²) in [5.74, 6) is 0. The van der Waals surface area contributed by atoms with E-state index in [-0.39, 0.29) is 4.90 Å². The Morgan fingerprint density at radius 2 is 1.46 bits per heavy atom. The van der Waals surface area contributed by atoms with Gasteiger partial charge in [-0.15, -0.1) is 11.8 Å². The molecule has 26 heavy (non-hydrogen) atoms. The molecule has 0 amide bonds. The Labute approximate surface area is 159 Å². The highest BCUT2D eigenvalue weighted by Crippen LogP contribution is 2.27. The van der Waals surface area contributed by atoms with Gasteiger partial charge in [-0.3, -0.25) is 0 Å². The SMILES string of the molecule is CSc1ccc(S(=O)(=O)NC(c2ccccc2)c2ccccc2C)cc1. The van der Waals surface area contributed by atoms with Crippen LogP contribution < -0.4 is 4.72 Å². The molecule has 3 aromatic rings. The molecule has 0 aliphatic rings. The van der Waals surface area contributed by atoms with Crippen LogP contribution in [0.4, 0.5) is 0 Å². The van der Waals surface area contributed by atoms with Crippen LogP contribution >= 0.6 is 11.8 Å². The average molecular weight is 384 g/mol. The maximum absolute atomic E-state index is 13.0. The van der Waals surface area contributed by atoms with Gasteiger partial charge in [-0.1, -0.05) is 54.6 Å². The molecular formula is C21H21NO2S2. The molecule has 0 saturated heterocycles. The third kappa shape index (κ3) is 4.18. The fraction of sp³-hybridized carbons (Fsp3) is 0.143. The Kier molecular flexibility index (Phi) is 5.81. The molecule has 0 saturated carbocycles. The van der Waals surface area contributed by atoms with Crippen LogP contribution in [0.25, 0.3) is 0 Å². The number of benzene rings is 3. The van der Waals surface area contributed by atoms with E-state index in [4.69, 9.17) is 0 Å². The summed E-state index contributed by atoms with van der Waals surface area (Å²) in [6, 6.07) is 24.0. The van der Waals surface area contributed by atoms with Crippen molar-refractivity contribution in [3.63, 3.8) is 0 Å². The molecule has 0 fully saturated rings. The van der Waals surface area contributed by atoms with Gasteiger partial charge in [-0.2, -0.15) is 4.72 Å². The van der Waals surface area contributed by atoms with Crippen LogP contribution in [0.2, 0.25) is 0 Å². The van der Waals surface area contributed by atoms with Crippen molar-refractivity contribution in [1.29, 1.82) is 0 Å². The normalized spacial score (nSPS) is 12.7. The van der Waals surface area contributed by atoms with Crippen molar-refractivity contribution in [3.8, 4) is 0 Å². The lowest BCUT2D eigenvalue weighted by molar-refractivity contribution is 0.571. The predicted molar refractivity (Wildman–Crippen MR) is 108 cm³/mol. The number of sulfonamides is 1. The minimum Gasteiger partial charge on any atom is -0.207 e. The topological polar surface area (TPSA) is 46.2 Å². The first-order chi connectivity index (χ1) is 12.5. The number of aryl methyl sites for hydroxylation is 1. The van der Waals surface area contributed by atoms with Crippen LogP contribution in [0.15, 0.2) is 88.7 Å². The fourth-order valence-corrected chi connectivity index (χ4v) is 4.46. The molecule has 0 aromatic heterocycles. The lowest BCUT2D eigenvalue weighted by atomic mass is 9.96. The van der Waals surface area contributed by atoms with Crippen molar-refractivity contribution in [2.45, 2.75) is 22.8 Å². The Balaban J connectivity index is 2.01. The smallest absolute Gasteiger partial charge is 0.207 e. The molecule has 0 bridgehead atoms. The lowest BCUT2D eigenvalue weighted by Gasteiger charge is -2.21. The van der Waals surface area contributed by atoms with Crippen molar-refractivity contribution in [1.82, 2.24) is 4.72 Å². The number of nitrogens with one attached hydrogen (secondary N) is 1. The fourth-order valence-electron chi connectivity index (χ4n) is 2.85. The van der Waals surface area contributed by atoms with Gasteiger partial charge >= 0.3 is 0 Å². The van der Waals surface area contributed by atoms with E-state index < -0.39 is 16.1 Å². The number of thioether (sulfide) groups is 1. The van der Waals surface area contributed by atoms with Gasteiger partial charge in [-0.05, 0) is 54.1 Å². The molecule has 3 nitrogen and oxygen atoms in total. The first-order valence-electron chi connectivity index (χ1n) is 8.28. The molecular weight excluding hydrogens is 362 g/mol. The standard InChI is InChI=1S/C21H21NO2S2/c1-16-8-6-7-11-20(16)21(17-9-4-3-5-10-17)22-26(23,24)19-14-12-18(25-2)13-15-19/h3-15,21-22H,1-2H3. The summed E-state index contributed by atoms with van der Waals surface area (Å²) in [6.45, 7) is 1.99. The number of hydrogen-bond donors (Lipinski definition) is 1. The van der Waals surface area contributed by atoms with E-state index in [1.54, 1.807) is 23.9 Å². The highest BCUT2D eigenvalue weighted by molar-refractivity contribution is 7.98. The van der Waals surface area contributed by atoms with Crippen LogP contribution in [-0.2, 0) is 10.0 Å². The van der Waals surface area contributed by atoms with Gasteiger partial charge in [0.2, 0.25) is 10.0 Å². The molecule has 3 rings (SSSR count). The zero-order chi connectivity index (χ0) is 18.6. The summed E-state index contributed by atoms with van der Waals surface area (Å²) in [5.41, 5.74) is 2.90. The van der Waals surface area contributed by atoms with E-state index in [9.17, 15) is 8.42 Å². The quantitative estimate of drug-likeness (QED) is 0.623. The zero-order valence-corrected chi connectivity index (χ0v) is 16.3. The van der Waals surface area contributed by atoms with Gasteiger partial charge in [0.1, 0.15) is 0 Å². The highest BCUT2D eigenvalue weighted by atomic mass is 32.2. The van der Waals surface area contributed by atoms with E-state index >= 15 is 0 Å². The van der Waals surface area contributed by atoms with E-state index in [0.29, 0.717) is 0 Å². The minimum absolute atomic E-state index is 0.268. The highest BCUT2D eigenvalue weighted by Gasteiger charge is 2.23. The zero-order valence-electron chi connectivity index (χ0n) is 14.7. The monoisotopic (exact) mass is 383 g/mol. The van der Waals surface area contributed by atoms with Crippen molar-refractivity contribution in [2.24, 2.45) is 0 Å². The second-order valence-corrected chi connectivity index (χ2v) is 8.59. The molecule has 0 radical (unpaired) electrons. The molecule has 0 heterocycles. The van der Waals surface area contributed by atoms with Gasteiger partial charge in [0.05, 0.1) is 10.9 Å². The third-order valence-corrected chi connectivity index (χ3v) is 6.46. The molecule has 134 valence electrons. The molecule has 3 aromatic carbocycles. The van der Waals surface area contributed by atoms with Crippen LogP contribution in [0, 0.1) is 6.92 Å². The van der Waals surface area contributed by atoms with Crippen LogP contribution in [0.3, 0.4) is 0 Å². The second kappa shape index (κ2) is 8.08. The van der Waals surface area contributed by atoms with Gasteiger partial charge in [0, 0.05) is 4.90 Å². The molecule has 1 unspecified atom stereocenters. The summed E-state index contributed by atoms with van der Waals surface area (Å²) in [7, 11) is -3.66. The second-order valence-electron chi connectivity index (χ2n) is 6.00. The Morgan fingerprint density at radius 3 is 2.08 bits per heavy atom. The van der Waals surface area contributed by atoms with Gasteiger partial charge in [0.15, 0.2) is 0 Å². The minimum atomic E-state index is -3.66. The molecule has 1 N–H and O–H groups in total. The molecule has 0 spiro atoms. The summed E-state index contributed by atoms with van der Waals surface area (Å²) >= 11 is 1.58. The predicted octanol–water partition coefficient (Wildman–Crippen LogP) is 4.78.